The summed E-state index contributed by atoms with van der Waals surface area (Å²) in [5.74, 6) is -0.352. The van der Waals surface area contributed by atoms with Gasteiger partial charge in [-0.05, 0) is 48.0 Å². The molecule has 0 unspecified atom stereocenters. The van der Waals surface area contributed by atoms with Gasteiger partial charge in [0.15, 0.2) is 0 Å². The third-order valence-electron chi connectivity index (χ3n) is 4.09. The molecule has 0 bridgehead atoms. The van der Waals surface area contributed by atoms with Crippen LogP contribution in [-0.4, -0.2) is 23.8 Å². The van der Waals surface area contributed by atoms with Gasteiger partial charge < -0.3 is 10.2 Å². The normalized spacial score (nSPS) is 10.3. The molecule has 0 aliphatic rings. The molecule has 5 heteroatoms. The number of hydrogen-bond donors (Lipinski definition) is 1. The number of benzene rings is 3. The van der Waals surface area contributed by atoms with Gasteiger partial charge in [0.1, 0.15) is 0 Å². The first-order valence-corrected chi connectivity index (χ1v) is 8.87. The summed E-state index contributed by atoms with van der Waals surface area (Å²) in [6.45, 7) is 0.524. The summed E-state index contributed by atoms with van der Waals surface area (Å²) in [6, 6.07) is 23.4. The highest BCUT2D eigenvalue weighted by Gasteiger charge is 2.13. The van der Waals surface area contributed by atoms with E-state index in [1.165, 1.54) is 0 Å². The average Bonchev–Trinajstić information content (AvgIpc) is 2.68. The van der Waals surface area contributed by atoms with Crippen LogP contribution in [0.1, 0.15) is 26.3 Å². The molecular formula is C22H19ClN2O2. The fraction of sp³-hybridized carbons (Fsp3) is 0.0909. The molecule has 0 aliphatic heterocycles. The van der Waals surface area contributed by atoms with E-state index in [1.807, 2.05) is 30.3 Å². The predicted molar refractivity (Wildman–Crippen MR) is 108 cm³/mol. The van der Waals surface area contributed by atoms with Gasteiger partial charge in [-0.15, -0.1) is 0 Å². The fourth-order valence-corrected chi connectivity index (χ4v) is 2.87. The summed E-state index contributed by atoms with van der Waals surface area (Å²) in [4.78, 5) is 26.6. The zero-order valence-corrected chi connectivity index (χ0v) is 15.6. The molecule has 4 nitrogen and oxygen atoms in total. The Hall–Kier alpha value is -3.11. The fourth-order valence-electron chi connectivity index (χ4n) is 2.68. The van der Waals surface area contributed by atoms with Gasteiger partial charge >= 0.3 is 0 Å². The Morgan fingerprint density at radius 1 is 0.889 bits per heavy atom. The second-order valence-corrected chi connectivity index (χ2v) is 6.63. The van der Waals surface area contributed by atoms with E-state index in [1.54, 1.807) is 60.5 Å². The number of amides is 2. The van der Waals surface area contributed by atoms with Crippen molar-refractivity contribution in [1.82, 2.24) is 4.90 Å². The third kappa shape index (κ3) is 4.96. The monoisotopic (exact) mass is 378 g/mol. The smallest absolute Gasteiger partial charge is 0.255 e. The van der Waals surface area contributed by atoms with Gasteiger partial charge in [-0.25, -0.2) is 0 Å². The molecule has 0 saturated carbocycles. The Labute approximate surface area is 163 Å². The van der Waals surface area contributed by atoms with E-state index in [9.17, 15) is 9.59 Å². The maximum Gasteiger partial charge on any atom is 0.255 e. The molecule has 3 aromatic carbocycles. The number of carbonyl (C=O) groups excluding carboxylic acids is 2. The topological polar surface area (TPSA) is 49.4 Å². The predicted octanol–water partition coefficient (Wildman–Crippen LogP) is 4.86. The van der Waals surface area contributed by atoms with Gasteiger partial charge in [0.05, 0.1) is 0 Å². The Balaban J connectivity index is 1.65. The Kier molecular flexibility index (Phi) is 5.89. The number of halogens is 1. The van der Waals surface area contributed by atoms with Crippen LogP contribution in [0.5, 0.6) is 0 Å². The first kappa shape index (κ1) is 18.7. The van der Waals surface area contributed by atoms with Crippen molar-refractivity contribution in [2.24, 2.45) is 0 Å². The van der Waals surface area contributed by atoms with Crippen LogP contribution in [0.15, 0.2) is 78.9 Å². The molecule has 0 saturated heterocycles. The molecule has 2 amide bonds. The van der Waals surface area contributed by atoms with Crippen molar-refractivity contribution in [1.29, 1.82) is 0 Å². The molecular weight excluding hydrogens is 360 g/mol. The number of anilines is 1. The zero-order chi connectivity index (χ0) is 19.2. The van der Waals surface area contributed by atoms with Gasteiger partial charge in [-0.3, -0.25) is 9.59 Å². The first-order valence-electron chi connectivity index (χ1n) is 8.49. The van der Waals surface area contributed by atoms with Crippen LogP contribution in [0.3, 0.4) is 0 Å². The van der Waals surface area contributed by atoms with E-state index in [4.69, 9.17) is 11.6 Å². The summed E-state index contributed by atoms with van der Waals surface area (Å²) >= 11 is 5.92. The van der Waals surface area contributed by atoms with Crippen LogP contribution in [0, 0.1) is 0 Å². The van der Waals surface area contributed by atoms with Crippen LogP contribution >= 0.6 is 11.6 Å². The zero-order valence-electron chi connectivity index (χ0n) is 14.9. The summed E-state index contributed by atoms with van der Waals surface area (Å²) in [6.07, 6.45) is 0. The molecule has 3 rings (SSSR count). The molecule has 0 spiro atoms. The average molecular weight is 379 g/mol. The van der Waals surface area contributed by atoms with Crippen molar-refractivity contribution >= 4 is 29.1 Å². The lowest BCUT2D eigenvalue weighted by Crippen LogP contribution is -2.26. The van der Waals surface area contributed by atoms with E-state index in [0.717, 1.165) is 5.56 Å². The minimum atomic E-state index is -0.256. The van der Waals surface area contributed by atoms with Crippen molar-refractivity contribution in [2.75, 3.05) is 12.4 Å². The highest BCUT2D eigenvalue weighted by Crippen LogP contribution is 2.16. The van der Waals surface area contributed by atoms with Crippen LogP contribution < -0.4 is 5.32 Å². The molecule has 136 valence electrons. The maximum atomic E-state index is 12.6. The number of carbonyl (C=O) groups is 2. The maximum absolute atomic E-state index is 12.6. The van der Waals surface area contributed by atoms with Crippen molar-refractivity contribution in [3.8, 4) is 0 Å². The van der Waals surface area contributed by atoms with Crippen molar-refractivity contribution in [2.45, 2.75) is 6.54 Å². The quantitative estimate of drug-likeness (QED) is 0.688. The molecule has 27 heavy (non-hydrogen) atoms. The summed E-state index contributed by atoms with van der Waals surface area (Å²) in [5, 5.41) is 3.34. The van der Waals surface area contributed by atoms with Gasteiger partial charge in [-0.2, -0.15) is 0 Å². The van der Waals surface area contributed by atoms with Crippen LogP contribution in [0.25, 0.3) is 0 Å². The first-order chi connectivity index (χ1) is 13.0. The number of nitrogens with one attached hydrogen (secondary N) is 1. The Morgan fingerprint density at radius 2 is 1.56 bits per heavy atom. The van der Waals surface area contributed by atoms with Gasteiger partial charge in [0.25, 0.3) is 11.8 Å². The second-order valence-electron chi connectivity index (χ2n) is 6.19. The summed E-state index contributed by atoms with van der Waals surface area (Å²) in [5.41, 5.74) is 2.69. The number of hydrogen-bond acceptors (Lipinski definition) is 2. The summed E-state index contributed by atoms with van der Waals surface area (Å²) < 4.78 is 0. The Bertz CT molecular complexity index is 940. The number of rotatable bonds is 5. The SMILES string of the molecule is CN(Cc1ccccc1)C(=O)c1ccc(C(=O)Nc2cccc(Cl)c2)cc1. The number of nitrogens with zero attached hydrogens (tertiary/aromatic N) is 1. The largest absolute Gasteiger partial charge is 0.337 e. The van der Waals surface area contributed by atoms with E-state index in [-0.39, 0.29) is 11.8 Å². The minimum Gasteiger partial charge on any atom is -0.337 e. The third-order valence-corrected chi connectivity index (χ3v) is 4.32. The van der Waals surface area contributed by atoms with Crippen LogP contribution in [-0.2, 0) is 6.54 Å². The van der Waals surface area contributed by atoms with Crippen molar-refractivity contribution in [3.05, 3.63) is 101 Å². The van der Waals surface area contributed by atoms with Crippen LogP contribution in [0.4, 0.5) is 5.69 Å². The van der Waals surface area contributed by atoms with E-state index < -0.39 is 0 Å². The molecule has 0 radical (unpaired) electrons. The standard InChI is InChI=1S/C22H19ClN2O2/c1-25(15-16-6-3-2-4-7-16)22(27)18-12-10-17(11-13-18)21(26)24-20-9-5-8-19(23)14-20/h2-14H,15H2,1H3,(H,24,26). The minimum absolute atomic E-state index is 0.0966. The summed E-state index contributed by atoms with van der Waals surface area (Å²) in [7, 11) is 1.76. The lowest BCUT2D eigenvalue weighted by Gasteiger charge is -2.17. The highest BCUT2D eigenvalue weighted by molar-refractivity contribution is 6.31. The lowest BCUT2D eigenvalue weighted by atomic mass is 10.1. The molecule has 0 atom stereocenters. The Morgan fingerprint density at radius 3 is 2.22 bits per heavy atom. The van der Waals surface area contributed by atoms with Gasteiger partial charge in [0.2, 0.25) is 0 Å². The molecule has 0 fully saturated rings. The van der Waals surface area contributed by atoms with Crippen molar-refractivity contribution < 1.29 is 9.59 Å². The molecule has 3 aromatic rings. The van der Waals surface area contributed by atoms with Crippen molar-refractivity contribution in [3.63, 3.8) is 0 Å². The van der Waals surface area contributed by atoms with E-state index in [2.05, 4.69) is 5.32 Å². The van der Waals surface area contributed by atoms with Crippen LogP contribution in [0.2, 0.25) is 5.02 Å². The second kappa shape index (κ2) is 8.52. The lowest BCUT2D eigenvalue weighted by molar-refractivity contribution is 0.0784. The highest BCUT2D eigenvalue weighted by atomic mass is 35.5. The molecule has 0 heterocycles. The van der Waals surface area contributed by atoms with Gasteiger partial charge in [-0.1, -0.05) is 48.0 Å². The van der Waals surface area contributed by atoms with Gasteiger partial charge in [0, 0.05) is 35.4 Å². The molecule has 0 aromatic heterocycles. The van der Waals surface area contributed by atoms with E-state index >= 15 is 0 Å². The molecule has 1 N–H and O–H groups in total. The van der Waals surface area contributed by atoms with E-state index in [0.29, 0.717) is 28.4 Å². The molecule has 0 aliphatic carbocycles.